The number of fused-ring (bicyclic) bond motifs is 7. The van der Waals surface area contributed by atoms with E-state index in [0.717, 1.165) is 133 Å². The molecule has 0 amide bonds. The minimum atomic E-state index is 0.810. The summed E-state index contributed by atoms with van der Waals surface area (Å²) in [5.74, 6) is 0. The van der Waals surface area contributed by atoms with Crippen LogP contribution in [0.3, 0.4) is 0 Å². The van der Waals surface area contributed by atoms with Crippen LogP contribution in [0.1, 0.15) is 0 Å². The Morgan fingerprint density at radius 2 is 0.608 bits per heavy atom. The van der Waals surface area contributed by atoms with Crippen molar-refractivity contribution in [3.05, 3.63) is 279 Å². The average molecular weight is 947 g/mol. The predicted molar refractivity (Wildman–Crippen MR) is 310 cm³/mol. The molecule has 4 heteroatoms. The van der Waals surface area contributed by atoms with Gasteiger partial charge in [0.1, 0.15) is 11.2 Å². The van der Waals surface area contributed by atoms with E-state index in [4.69, 9.17) is 8.83 Å². The highest BCUT2D eigenvalue weighted by Gasteiger charge is 2.29. The summed E-state index contributed by atoms with van der Waals surface area (Å²) < 4.78 is 14.0. The fraction of sp³-hybridized carbons (Fsp3) is 0. The maximum absolute atomic E-state index is 7.00. The summed E-state index contributed by atoms with van der Waals surface area (Å²) >= 11 is 0. The van der Waals surface area contributed by atoms with Gasteiger partial charge in [-0.25, -0.2) is 0 Å². The van der Waals surface area contributed by atoms with E-state index in [1.54, 1.807) is 0 Å². The Morgan fingerprint density at radius 1 is 0.216 bits per heavy atom. The van der Waals surface area contributed by atoms with Gasteiger partial charge in [-0.3, -0.25) is 0 Å². The van der Waals surface area contributed by atoms with Gasteiger partial charge in [0, 0.05) is 43.6 Å². The van der Waals surface area contributed by atoms with Gasteiger partial charge in [-0.2, -0.15) is 0 Å². The number of para-hydroxylation sites is 6. The van der Waals surface area contributed by atoms with Crippen LogP contribution in [-0.4, -0.2) is 0 Å². The topological polar surface area (TPSA) is 32.8 Å². The minimum absolute atomic E-state index is 0.810. The zero-order chi connectivity index (χ0) is 49.0. The lowest BCUT2D eigenvalue weighted by Gasteiger charge is -2.32. The van der Waals surface area contributed by atoms with Crippen molar-refractivity contribution in [2.24, 2.45) is 0 Å². The fourth-order valence-electron chi connectivity index (χ4n) is 11.1. The van der Waals surface area contributed by atoms with Gasteiger partial charge >= 0.3 is 0 Å². The van der Waals surface area contributed by atoms with Crippen LogP contribution in [0.25, 0.3) is 99.2 Å². The summed E-state index contributed by atoms with van der Waals surface area (Å²) in [6.45, 7) is 0. The summed E-state index contributed by atoms with van der Waals surface area (Å²) in [5, 5.41) is 6.39. The second-order valence-corrected chi connectivity index (χ2v) is 18.8. The van der Waals surface area contributed by atoms with E-state index < -0.39 is 0 Å². The zero-order valence-corrected chi connectivity index (χ0v) is 40.3. The van der Waals surface area contributed by atoms with Crippen molar-refractivity contribution in [1.29, 1.82) is 0 Å². The van der Waals surface area contributed by atoms with Gasteiger partial charge in [0.05, 0.1) is 34.1 Å². The van der Waals surface area contributed by atoms with Gasteiger partial charge in [0.2, 0.25) is 0 Å². The number of anilines is 6. The maximum atomic E-state index is 7.00. The molecule has 0 bridgehead atoms. The molecule has 0 aliphatic heterocycles. The number of benzene rings is 12. The van der Waals surface area contributed by atoms with E-state index in [2.05, 4.69) is 277 Å². The van der Waals surface area contributed by atoms with E-state index in [1.807, 2.05) is 12.1 Å². The average Bonchev–Trinajstić information content (AvgIpc) is 4.06. The Hall–Kier alpha value is -9.90. The lowest BCUT2D eigenvalue weighted by molar-refractivity contribution is 0.668. The smallest absolute Gasteiger partial charge is 0.159 e. The van der Waals surface area contributed by atoms with E-state index in [1.165, 1.54) is 0 Å². The zero-order valence-electron chi connectivity index (χ0n) is 40.3. The summed E-state index contributed by atoms with van der Waals surface area (Å²) in [6, 6.07) is 99.8. The molecule has 0 N–H and O–H groups in total. The molecule has 14 rings (SSSR count). The highest BCUT2D eigenvalue weighted by molar-refractivity contribution is 6.16. The number of rotatable bonds is 10. The third kappa shape index (κ3) is 7.31. The molecular weight excluding hydrogens is 901 g/mol. The third-order valence-corrected chi connectivity index (χ3v) is 14.4. The second-order valence-electron chi connectivity index (χ2n) is 18.8. The van der Waals surface area contributed by atoms with Crippen LogP contribution in [0.15, 0.2) is 288 Å². The molecule has 14 aromatic rings. The molecule has 0 saturated heterocycles. The van der Waals surface area contributed by atoms with Crippen LogP contribution in [0, 0.1) is 0 Å². The Morgan fingerprint density at radius 3 is 1.12 bits per heavy atom. The molecule has 12 aromatic carbocycles. The van der Waals surface area contributed by atoms with Gasteiger partial charge in [-0.15, -0.1) is 0 Å². The first-order valence-electron chi connectivity index (χ1n) is 25.2. The first-order chi connectivity index (χ1) is 36.7. The Labute approximate surface area is 428 Å². The molecule has 2 aromatic heterocycles. The van der Waals surface area contributed by atoms with Gasteiger partial charge in [0.25, 0.3) is 0 Å². The molecule has 0 radical (unpaired) electrons. The van der Waals surface area contributed by atoms with E-state index in [0.29, 0.717) is 0 Å². The van der Waals surface area contributed by atoms with Gasteiger partial charge in [-0.05, 0) is 93.9 Å². The highest BCUT2D eigenvalue weighted by Crippen LogP contribution is 2.53. The largest absolute Gasteiger partial charge is 0.454 e. The number of hydrogen-bond donors (Lipinski definition) is 0. The monoisotopic (exact) mass is 946 g/mol. The van der Waals surface area contributed by atoms with Crippen molar-refractivity contribution in [1.82, 2.24) is 0 Å². The summed E-state index contributed by atoms with van der Waals surface area (Å²) in [7, 11) is 0. The van der Waals surface area contributed by atoms with Crippen LogP contribution < -0.4 is 9.80 Å². The van der Waals surface area contributed by atoms with Gasteiger partial charge in [0.15, 0.2) is 11.2 Å². The molecular formula is C70H46N2O2. The standard InChI is InChI=1S/C70H46N2O2/c1-5-23-47(24-6-1)51-43-52-44-59(50-29-11-4-12-30-50)66(72(62-38-18-14-32-54(62)49-27-9-3-10-28-49)64-40-22-36-58-56-34-16-20-42-68(56)74-70(58)64)46-60(52)65(45-51)71(61-37-17-13-31-53(61)48-25-7-2-8-26-48)63-39-21-35-57-55-33-15-19-41-67(55)73-69(57)63/h1-46H. The van der Waals surface area contributed by atoms with E-state index in [9.17, 15) is 0 Å². The molecule has 0 aliphatic carbocycles. The molecule has 0 aliphatic rings. The lowest BCUT2D eigenvalue weighted by Crippen LogP contribution is -2.14. The Kier molecular flexibility index (Phi) is 10.5. The SMILES string of the molecule is c1ccc(-c2cc(N(c3ccccc3-c3ccccc3)c3cccc4c3oc3ccccc34)c3cc(N(c4ccccc4-c4ccccc4)c4cccc5c4oc4ccccc45)c(-c4ccccc4)cc3c2)cc1. The molecule has 0 saturated carbocycles. The lowest BCUT2D eigenvalue weighted by atomic mass is 9.92. The number of hydrogen-bond acceptors (Lipinski definition) is 4. The van der Waals surface area contributed by atoms with Crippen molar-refractivity contribution in [3.8, 4) is 44.5 Å². The highest BCUT2D eigenvalue weighted by atomic mass is 16.3. The van der Waals surface area contributed by atoms with Crippen molar-refractivity contribution in [3.63, 3.8) is 0 Å². The molecule has 74 heavy (non-hydrogen) atoms. The fourth-order valence-corrected chi connectivity index (χ4v) is 11.1. The number of furan rings is 2. The van der Waals surface area contributed by atoms with E-state index >= 15 is 0 Å². The molecule has 0 atom stereocenters. The first-order valence-corrected chi connectivity index (χ1v) is 25.2. The van der Waals surface area contributed by atoms with Crippen LogP contribution >= 0.6 is 0 Å². The van der Waals surface area contributed by atoms with Crippen LogP contribution in [0.2, 0.25) is 0 Å². The van der Waals surface area contributed by atoms with Crippen molar-refractivity contribution in [2.75, 3.05) is 9.80 Å². The molecule has 0 fully saturated rings. The molecule has 2 heterocycles. The number of nitrogens with zero attached hydrogens (tertiary/aromatic N) is 2. The Balaban J connectivity index is 1.15. The van der Waals surface area contributed by atoms with Crippen LogP contribution in [0.4, 0.5) is 34.1 Å². The van der Waals surface area contributed by atoms with Gasteiger partial charge in [-0.1, -0.05) is 218 Å². The van der Waals surface area contributed by atoms with Gasteiger partial charge < -0.3 is 18.6 Å². The van der Waals surface area contributed by atoms with Crippen molar-refractivity contribution < 1.29 is 8.83 Å². The molecule has 4 nitrogen and oxygen atoms in total. The van der Waals surface area contributed by atoms with E-state index in [-0.39, 0.29) is 0 Å². The molecule has 0 spiro atoms. The summed E-state index contributed by atoms with van der Waals surface area (Å²) in [4.78, 5) is 4.88. The quantitative estimate of drug-likeness (QED) is 0.137. The molecule has 0 unspecified atom stereocenters. The maximum Gasteiger partial charge on any atom is 0.159 e. The van der Waals surface area contributed by atoms with Crippen molar-refractivity contribution in [2.45, 2.75) is 0 Å². The Bertz CT molecular complexity index is 4370. The second kappa shape index (κ2) is 18.1. The van der Waals surface area contributed by atoms with Crippen LogP contribution in [0.5, 0.6) is 0 Å². The third-order valence-electron chi connectivity index (χ3n) is 14.4. The van der Waals surface area contributed by atoms with Crippen molar-refractivity contribution >= 4 is 88.8 Å². The minimum Gasteiger partial charge on any atom is -0.454 e. The predicted octanol–water partition coefficient (Wildman–Crippen LogP) is 20.2. The first kappa shape index (κ1) is 42.9. The normalized spacial score (nSPS) is 11.5. The molecule has 348 valence electrons. The summed E-state index contributed by atoms with van der Waals surface area (Å²) in [5.41, 5.74) is 18.0. The van der Waals surface area contributed by atoms with Crippen LogP contribution in [-0.2, 0) is 0 Å². The summed E-state index contributed by atoms with van der Waals surface area (Å²) in [6.07, 6.45) is 0.